The predicted octanol–water partition coefficient (Wildman–Crippen LogP) is 3.25. The molecule has 1 rings (SSSR count). The molecule has 7 heteroatoms. The van der Waals surface area contributed by atoms with Crippen molar-refractivity contribution in [3.63, 3.8) is 0 Å². The Bertz CT molecular complexity index is 362. The first-order valence-electron chi connectivity index (χ1n) is 5.06. The molecule has 0 atom stereocenters. The van der Waals surface area contributed by atoms with E-state index in [9.17, 15) is 4.91 Å². The van der Waals surface area contributed by atoms with Crippen molar-refractivity contribution in [3.05, 3.63) is 16.3 Å². The van der Waals surface area contributed by atoms with E-state index in [-0.39, 0.29) is 17.6 Å². The summed E-state index contributed by atoms with van der Waals surface area (Å²) >= 11 is 5.83. The van der Waals surface area contributed by atoms with Crippen LogP contribution in [0.1, 0.15) is 0 Å². The van der Waals surface area contributed by atoms with Crippen LogP contribution in [0.4, 0.5) is 5.69 Å². The Morgan fingerprint density at radius 2 is 2.25 bits per heavy atom. The molecule has 0 aromatic carbocycles. The zero-order valence-corrected chi connectivity index (χ0v) is 11.5. The molecule has 0 spiro atoms. The standard InChI is InChI=1S/C9H16ClN3O2Si/c1-16(2,3)5-4-15-7-13-9(10)8(12-14)6-11-13/h6H,4-5,7H2,1-3H3. The number of ether oxygens (including phenoxy) is 1. The molecule has 0 saturated carbocycles. The van der Waals surface area contributed by atoms with Crippen molar-refractivity contribution < 1.29 is 4.74 Å². The quantitative estimate of drug-likeness (QED) is 0.449. The minimum Gasteiger partial charge on any atom is -0.359 e. The van der Waals surface area contributed by atoms with Gasteiger partial charge in [0, 0.05) is 14.7 Å². The fraction of sp³-hybridized carbons (Fsp3) is 0.667. The van der Waals surface area contributed by atoms with Gasteiger partial charge in [0.25, 0.3) is 0 Å². The van der Waals surface area contributed by atoms with E-state index in [2.05, 4.69) is 29.9 Å². The Morgan fingerprint density at radius 3 is 2.75 bits per heavy atom. The molecule has 0 radical (unpaired) electrons. The minimum absolute atomic E-state index is 0.149. The molecule has 90 valence electrons. The van der Waals surface area contributed by atoms with Gasteiger partial charge in [-0.15, -0.1) is 4.91 Å². The Hall–Kier alpha value is -0.723. The van der Waals surface area contributed by atoms with Crippen molar-refractivity contribution >= 4 is 25.4 Å². The number of hydrogen-bond donors (Lipinski definition) is 0. The van der Waals surface area contributed by atoms with E-state index in [4.69, 9.17) is 16.3 Å². The van der Waals surface area contributed by atoms with Crippen LogP contribution in [-0.2, 0) is 11.5 Å². The molecule has 0 bridgehead atoms. The molecule has 0 amide bonds. The van der Waals surface area contributed by atoms with Gasteiger partial charge in [-0.25, -0.2) is 4.68 Å². The third-order valence-corrected chi connectivity index (χ3v) is 4.16. The summed E-state index contributed by atoms with van der Waals surface area (Å²) < 4.78 is 6.86. The second-order valence-electron chi connectivity index (χ2n) is 4.76. The molecule has 1 aromatic heterocycles. The van der Waals surface area contributed by atoms with Gasteiger partial charge in [0.1, 0.15) is 6.73 Å². The Balaban J connectivity index is 2.38. The smallest absolute Gasteiger partial charge is 0.164 e. The van der Waals surface area contributed by atoms with Crippen LogP contribution in [0.2, 0.25) is 30.8 Å². The van der Waals surface area contributed by atoms with Crippen LogP contribution in [0.3, 0.4) is 0 Å². The van der Waals surface area contributed by atoms with Crippen molar-refractivity contribution in [2.24, 2.45) is 5.18 Å². The van der Waals surface area contributed by atoms with Gasteiger partial charge in [-0.3, -0.25) is 0 Å². The maximum absolute atomic E-state index is 10.3. The van der Waals surface area contributed by atoms with Crippen molar-refractivity contribution in [3.8, 4) is 0 Å². The van der Waals surface area contributed by atoms with E-state index in [0.717, 1.165) is 6.04 Å². The first kappa shape index (κ1) is 13.3. The second kappa shape index (κ2) is 5.56. The van der Waals surface area contributed by atoms with Gasteiger partial charge < -0.3 is 4.74 Å². The SMILES string of the molecule is C[Si](C)(C)CCOCn1ncc(N=O)c1Cl. The molecule has 1 heterocycles. The Labute approximate surface area is 101 Å². The lowest BCUT2D eigenvalue weighted by Crippen LogP contribution is -2.22. The third-order valence-electron chi connectivity index (χ3n) is 2.07. The maximum Gasteiger partial charge on any atom is 0.164 e. The van der Waals surface area contributed by atoms with E-state index in [1.807, 2.05) is 0 Å². The molecule has 0 aliphatic rings. The number of nitroso groups, excluding NO2 is 1. The van der Waals surface area contributed by atoms with Gasteiger partial charge in [0.05, 0.1) is 6.20 Å². The summed E-state index contributed by atoms with van der Waals surface area (Å²) in [6.07, 6.45) is 1.33. The van der Waals surface area contributed by atoms with Gasteiger partial charge in [0.2, 0.25) is 0 Å². The van der Waals surface area contributed by atoms with Crippen LogP contribution in [0.15, 0.2) is 11.4 Å². The van der Waals surface area contributed by atoms with Crippen LogP contribution in [-0.4, -0.2) is 24.5 Å². The molecule has 0 fully saturated rings. The van der Waals surface area contributed by atoms with Crippen molar-refractivity contribution in [2.75, 3.05) is 6.61 Å². The predicted molar refractivity (Wildman–Crippen MR) is 66.8 cm³/mol. The van der Waals surface area contributed by atoms with E-state index in [1.54, 1.807) is 0 Å². The highest BCUT2D eigenvalue weighted by Gasteiger charge is 2.13. The summed E-state index contributed by atoms with van der Waals surface area (Å²) in [5, 5.41) is 6.87. The minimum atomic E-state index is -1.07. The third kappa shape index (κ3) is 4.03. The van der Waals surface area contributed by atoms with E-state index >= 15 is 0 Å². The number of hydrogen-bond acceptors (Lipinski definition) is 4. The van der Waals surface area contributed by atoms with Gasteiger partial charge in [-0.05, 0) is 11.2 Å². The monoisotopic (exact) mass is 261 g/mol. The highest BCUT2D eigenvalue weighted by Crippen LogP contribution is 2.23. The molecule has 16 heavy (non-hydrogen) atoms. The van der Waals surface area contributed by atoms with Gasteiger partial charge >= 0.3 is 0 Å². The van der Waals surface area contributed by atoms with E-state index in [1.165, 1.54) is 10.9 Å². The summed E-state index contributed by atoms with van der Waals surface area (Å²) in [6.45, 7) is 7.80. The fourth-order valence-electron chi connectivity index (χ4n) is 1.04. The highest BCUT2D eigenvalue weighted by atomic mass is 35.5. The average Bonchev–Trinajstić information content (AvgIpc) is 2.53. The molecule has 0 unspecified atom stereocenters. The molecule has 1 aromatic rings. The zero-order valence-electron chi connectivity index (χ0n) is 9.73. The zero-order chi connectivity index (χ0) is 12.2. The van der Waals surface area contributed by atoms with Crippen molar-refractivity contribution in [1.82, 2.24) is 9.78 Å². The van der Waals surface area contributed by atoms with E-state index in [0.29, 0.717) is 6.61 Å². The van der Waals surface area contributed by atoms with Crippen LogP contribution in [0.5, 0.6) is 0 Å². The number of nitrogens with zero attached hydrogens (tertiary/aromatic N) is 3. The summed E-state index contributed by atoms with van der Waals surface area (Å²) in [6, 6.07) is 1.09. The van der Waals surface area contributed by atoms with Gasteiger partial charge in [-0.2, -0.15) is 5.10 Å². The first-order chi connectivity index (χ1) is 7.44. The lowest BCUT2D eigenvalue weighted by atomic mass is 10.6. The average molecular weight is 262 g/mol. The summed E-state index contributed by atoms with van der Waals surface area (Å²) in [5.74, 6) is 0. The molecule has 0 aliphatic heterocycles. The molecule has 0 N–H and O–H groups in total. The fourth-order valence-corrected chi connectivity index (χ4v) is 1.97. The lowest BCUT2D eigenvalue weighted by Gasteiger charge is -2.15. The number of rotatable bonds is 6. The molecular formula is C9H16ClN3O2Si. The normalized spacial score (nSPS) is 11.8. The van der Waals surface area contributed by atoms with Crippen LogP contribution in [0, 0.1) is 4.91 Å². The molecule has 5 nitrogen and oxygen atoms in total. The molecule has 0 aliphatic carbocycles. The Morgan fingerprint density at radius 1 is 1.56 bits per heavy atom. The molecule has 0 saturated heterocycles. The highest BCUT2D eigenvalue weighted by molar-refractivity contribution is 6.76. The summed E-state index contributed by atoms with van der Waals surface area (Å²) in [4.78, 5) is 10.3. The van der Waals surface area contributed by atoms with Crippen molar-refractivity contribution in [2.45, 2.75) is 32.4 Å². The summed E-state index contributed by atoms with van der Waals surface area (Å²) in [5.41, 5.74) is 0.149. The van der Waals surface area contributed by atoms with Crippen LogP contribution >= 0.6 is 11.6 Å². The van der Waals surface area contributed by atoms with E-state index < -0.39 is 8.07 Å². The van der Waals surface area contributed by atoms with Crippen molar-refractivity contribution in [1.29, 1.82) is 0 Å². The van der Waals surface area contributed by atoms with Gasteiger partial charge in [-0.1, -0.05) is 31.2 Å². The van der Waals surface area contributed by atoms with Crippen LogP contribution in [0.25, 0.3) is 0 Å². The topological polar surface area (TPSA) is 56.5 Å². The number of aromatic nitrogens is 2. The van der Waals surface area contributed by atoms with Crippen LogP contribution < -0.4 is 0 Å². The Kier molecular flexibility index (Phi) is 4.64. The summed E-state index contributed by atoms with van der Waals surface area (Å²) in [7, 11) is -1.07. The second-order valence-corrected chi connectivity index (χ2v) is 10.7. The number of halogens is 1. The van der Waals surface area contributed by atoms with Gasteiger partial charge in [0.15, 0.2) is 10.8 Å². The lowest BCUT2D eigenvalue weighted by molar-refractivity contribution is 0.0788. The maximum atomic E-state index is 10.3. The molecular weight excluding hydrogens is 246 g/mol. The first-order valence-corrected chi connectivity index (χ1v) is 9.15. The largest absolute Gasteiger partial charge is 0.359 e.